The highest BCUT2D eigenvalue weighted by Crippen LogP contribution is 2.21. The van der Waals surface area contributed by atoms with E-state index in [9.17, 15) is 13.2 Å². The van der Waals surface area contributed by atoms with Crippen molar-refractivity contribution < 1.29 is 13.2 Å². The minimum Gasteiger partial charge on any atom is -0.326 e. The van der Waals surface area contributed by atoms with E-state index in [1.807, 2.05) is 6.08 Å². The molecule has 1 aromatic rings. The van der Waals surface area contributed by atoms with Crippen LogP contribution in [0.15, 0.2) is 41.3 Å². The summed E-state index contributed by atoms with van der Waals surface area (Å²) >= 11 is 0. The number of carbonyl (C=O) groups excluding carboxylic acids is 1. The number of allylic oxidation sites excluding steroid dienone is 2. The molecule has 0 radical (unpaired) electrons. The van der Waals surface area contributed by atoms with Crippen LogP contribution in [0.2, 0.25) is 0 Å². The highest BCUT2D eigenvalue weighted by molar-refractivity contribution is 7.90. The van der Waals surface area contributed by atoms with Crippen molar-refractivity contribution in [3.05, 3.63) is 36.4 Å². The Morgan fingerprint density at radius 3 is 2.74 bits per heavy atom. The minimum absolute atomic E-state index is 0.0214. The summed E-state index contributed by atoms with van der Waals surface area (Å²) in [6.07, 6.45) is 7.75. The summed E-state index contributed by atoms with van der Waals surface area (Å²) in [6, 6.07) is 6.35. The molecule has 5 heteroatoms. The van der Waals surface area contributed by atoms with Gasteiger partial charge in [0.25, 0.3) is 0 Å². The molecule has 0 heterocycles. The lowest BCUT2D eigenvalue weighted by Gasteiger charge is -2.17. The van der Waals surface area contributed by atoms with E-state index in [1.165, 1.54) is 12.1 Å². The molecule has 0 saturated carbocycles. The first kappa shape index (κ1) is 13.8. The predicted molar refractivity (Wildman–Crippen MR) is 74.7 cm³/mol. The molecule has 1 aromatic carbocycles. The number of hydrogen-bond donors (Lipinski definition) is 1. The SMILES string of the molecule is CS(=O)(=O)c1cccc(NC(=O)C2CC=CCC2)c1. The molecule has 102 valence electrons. The molecule has 1 aliphatic carbocycles. The van der Waals surface area contributed by atoms with Crippen LogP contribution < -0.4 is 5.32 Å². The van der Waals surface area contributed by atoms with Gasteiger partial charge in [-0.05, 0) is 37.5 Å². The van der Waals surface area contributed by atoms with Gasteiger partial charge in [0.05, 0.1) is 4.90 Å². The van der Waals surface area contributed by atoms with Gasteiger partial charge in [-0.2, -0.15) is 0 Å². The maximum atomic E-state index is 12.0. The van der Waals surface area contributed by atoms with Crippen LogP contribution in [-0.2, 0) is 14.6 Å². The van der Waals surface area contributed by atoms with Gasteiger partial charge in [0.15, 0.2) is 9.84 Å². The van der Waals surface area contributed by atoms with E-state index in [0.29, 0.717) is 5.69 Å². The molecule has 1 amide bonds. The molecular weight excluding hydrogens is 262 g/mol. The first-order valence-corrected chi connectivity index (χ1v) is 8.12. The van der Waals surface area contributed by atoms with Crippen LogP contribution >= 0.6 is 0 Å². The zero-order chi connectivity index (χ0) is 13.9. The standard InChI is InChI=1S/C14H17NO3S/c1-19(17,18)13-9-5-8-12(10-13)15-14(16)11-6-3-2-4-7-11/h2-3,5,8-11H,4,6-7H2,1H3,(H,15,16). The molecule has 1 unspecified atom stereocenters. The molecule has 1 aliphatic rings. The molecule has 4 nitrogen and oxygen atoms in total. The Morgan fingerprint density at radius 1 is 1.32 bits per heavy atom. The van der Waals surface area contributed by atoms with Gasteiger partial charge >= 0.3 is 0 Å². The van der Waals surface area contributed by atoms with E-state index >= 15 is 0 Å². The normalized spacial score (nSPS) is 19.1. The van der Waals surface area contributed by atoms with Gasteiger partial charge in [0.2, 0.25) is 5.91 Å². The number of rotatable bonds is 3. The lowest BCUT2D eigenvalue weighted by molar-refractivity contribution is -0.120. The maximum absolute atomic E-state index is 12.0. The fourth-order valence-electron chi connectivity index (χ4n) is 2.08. The Labute approximate surface area is 113 Å². The molecule has 0 saturated heterocycles. The number of benzene rings is 1. The van der Waals surface area contributed by atoms with E-state index in [2.05, 4.69) is 11.4 Å². The van der Waals surface area contributed by atoms with Crippen LogP contribution in [-0.4, -0.2) is 20.6 Å². The Morgan fingerprint density at radius 2 is 2.11 bits per heavy atom. The average molecular weight is 279 g/mol. The van der Waals surface area contributed by atoms with Crippen LogP contribution in [0, 0.1) is 5.92 Å². The molecule has 19 heavy (non-hydrogen) atoms. The van der Waals surface area contributed by atoms with Crippen molar-refractivity contribution in [2.75, 3.05) is 11.6 Å². The lowest BCUT2D eigenvalue weighted by Crippen LogP contribution is -2.23. The number of nitrogens with one attached hydrogen (secondary N) is 1. The second-order valence-electron chi connectivity index (χ2n) is 4.77. The van der Waals surface area contributed by atoms with Crippen LogP contribution in [0.25, 0.3) is 0 Å². The highest BCUT2D eigenvalue weighted by atomic mass is 32.2. The zero-order valence-corrected chi connectivity index (χ0v) is 11.6. The number of carbonyl (C=O) groups is 1. The van der Waals surface area contributed by atoms with Crippen molar-refractivity contribution in [1.29, 1.82) is 0 Å². The second-order valence-corrected chi connectivity index (χ2v) is 6.79. The second kappa shape index (κ2) is 5.57. The third kappa shape index (κ3) is 3.67. The van der Waals surface area contributed by atoms with Crippen LogP contribution in [0.1, 0.15) is 19.3 Å². The summed E-state index contributed by atoms with van der Waals surface area (Å²) in [7, 11) is -3.25. The van der Waals surface area contributed by atoms with Gasteiger partial charge in [-0.3, -0.25) is 4.79 Å². The number of anilines is 1. The third-order valence-electron chi connectivity index (χ3n) is 3.17. The predicted octanol–water partition coefficient (Wildman–Crippen LogP) is 2.38. The summed E-state index contributed by atoms with van der Waals surface area (Å²) in [5.74, 6) is -0.0677. The summed E-state index contributed by atoms with van der Waals surface area (Å²) in [5.41, 5.74) is 0.530. The van der Waals surface area contributed by atoms with Gasteiger partial charge in [0, 0.05) is 17.9 Å². The number of amides is 1. The van der Waals surface area contributed by atoms with E-state index in [4.69, 9.17) is 0 Å². The smallest absolute Gasteiger partial charge is 0.227 e. The fraction of sp³-hybridized carbons (Fsp3) is 0.357. The summed E-state index contributed by atoms with van der Waals surface area (Å²) in [4.78, 5) is 12.3. The molecular formula is C14H17NO3S. The molecule has 0 spiro atoms. The topological polar surface area (TPSA) is 63.2 Å². The summed E-state index contributed by atoms with van der Waals surface area (Å²) in [6.45, 7) is 0. The van der Waals surface area contributed by atoms with Crippen molar-refractivity contribution in [3.8, 4) is 0 Å². The maximum Gasteiger partial charge on any atom is 0.227 e. The van der Waals surface area contributed by atoms with E-state index in [0.717, 1.165) is 25.5 Å². The minimum atomic E-state index is -3.25. The van der Waals surface area contributed by atoms with Crippen LogP contribution in [0.3, 0.4) is 0 Å². The molecule has 0 bridgehead atoms. The Hall–Kier alpha value is -1.62. The largest absolute Gasteiger partial charge is 0.326 e. The van der Waals surface area contributed by atoms with Crippen molar-refractivity contribution in [2.45, 2.75) is 24.2 Å². The Kier molecular flexibility index (Phi) is 4.04. The highest BCUT2D eigenvalue weighted by Gasteiger charge is 2.19. The first-order chi connectivity index (χ1) is 8.97. The molecule has 0 aliphatic heterocycles. The van der Waals surface area contributed by atoms with Crippen LogP contribution in [0.5, 0.6) is 0 Å². The summed E-state index contributed by atoms with van der Waals surface area (Å²) in [5, 5.41) is 2.79. The molecule has 1 atom stereocenters. The van der Waals surface area contributed by atoms with Crippen molar-refractivity contribution in [2.24, 2.45) is 5.92 Å². The fourth-order valence-corrected chi connectivity index (χ4v) is 2.75. The molecule has 0 aromatic heterocycles. The Bertz CT molecular complexity index is 605. The lowest BCUT2D eigenvalue weighted by atomic mass is 9.93. The quantitative estimate of drug-likeness (QED) is 0.864. The van der Waals surface area contributed by atoms with Gasteiger partial charge in [-0.15, -0.1) is 0 Å². The Balaban J connectivity index is 2.11. The number of sulfone groups is 1. The van der Waals surface area contributed by atoms with E-state index in [1.54, 1.807) is 12.1 Å². The first-order valence-electron chi connectivity index (χ1n) is 6.23. The van der Waals surface area contributed by atoms with Gasteiger partial charge in [-0.1, -0.05) is 18.2 Å². The van der Waals surface area contributed by atoms with Gasteiger partial charge in [0.1, 0.15) is 0 Å². The molecule has 0 fully saturated rings. The zero-order valence-electron chi connectivity index (χ0n) is 10.8. The van der Waals surface area contributed by atoms with Crippen LogP contribution in [0.4, 0.5) is 5.69 Å². The van der Waals surface area contributed by atoms with Crippen molar-refractivity contribution in [3.63, 3.8) is 0 Å². The van der Waals surface area contributed by atoms with Crippen molar-refractivity contribution >= 4 is 21.4 Å². The molecule has 1 N–H and O–H groups in total. The monoisotopic (exact) mass is 279 g/mol. The average Bonchev–Trinajstić information content (AvgIpc) is 2.39. The van der Waals surface area contributed by atoms with Crippen molar-refractivity contribution in [1.82, 2.24) is 0 Å². The summed E-state index contributed by atoms with van der Waals surface area (Å²) < 4.78 is 22.9. The van der Waals surface area contributed by atoms with E-state index < -0.39 is 9.84 Å². The third-order valence-corrected chi connectivity index (χ3v) is 4.28. The number of hydrogen-bond acceptors (Lipinski definition) is 3. The molecule has 2 rings (SSSR count). The van der Waals surface area contributed by atoms with Gasteiger partial charge < -0.3 is 5.32 Å². The van der Waals surface area contributed by atoms with E-state index in [-0.39, 0.29) is 16.7 Å². The van der Waals surface area contributed by atoms with Gasteiger partial charge in [-0.25, -0.2) is 8.42 Å².